The van der Waals surface area contributed by atoms with Crippen LogP contribution in [0.4, 0.5) is 0 Å². The minimum atomic E-state index is -0.315. The van der Waals surface area contributed by atoms with Crippen molar-refractivity contribution in [3.05, 3.63) is 12.2 Å². The molecule has 0 N–H and O–H groups in total. The molecule has 1 fully saturated rings. The molecule has 1 rings (SSSR count). The number of likely N-dealkylation sites (tertiary alicyclic amines) is 1. The molecule has 90 valence electrons. The van der Waals surface area contributed by atoms with Crippen molar-refractivity contribution in [2.75, 3.05) is 19.6 Å². The number of hydrogen-bond acceptors (Lipinski definition) is 3. The van der Waals surface area contributed by atoms with Crippen LogP contribution in [0.3, 0.4) is 0 Å². The lowest BCUT2D eigenvalue weighted by Crippen LogP contribution is -2.40. The van der Waals surface area contributed by atoms with Crippen LogP contribution in [-0.2, 0) is 9.59 Å². The van der Waals surface area contributed by atoms with E-state index in [0.29, 0.717) is 13.0 Å². The van der Waals surface area contributed by atoms with Crippen LogP contribution in [0.25, 0.3) is 0 Å². The zero-order valence-corrected chi connectivity index (χ0v) is 10.5. The predicted octanol–water partition coefficient (Wildman–Crippen LogP) is 1.82. The Hall–Kier alpha value is -0.960. The lowest BCUT2D eigenvalue weighted by Gasteiger charge is -2.29. The summed E-state index contributed by atoms with van der Waals surface area (Å²) in [5.74, 6) is 0.266. The van der Waals surface area contributed by atoms with Crippen LogP contribution >= 0.6 is 0 Å². The Morgan fingerprint density at radius 1 is 1.25 bits per heavy atom. The molecule has 3 nitrogen and oxygen atoms in total. The van der Waals surface area contributed by atoms with Crippen molar-refractivity contribution in [1.82, 2.24) is 4.90 Å². The molecule has 0 aliphatic carbocycles. The molecular weight excluding hydrogens is 202 g/mol. The Bertz CT molecular complexity index is 296. The van der Waals surface area contributed by atoms with Gasteiger partial charge in [0.05, 0.1) is 6.54 Å². The molecule has 0 amide bonds. The van der Waals surface area contributed by atoms with Gasteiger partial charge >= 0.3 is 0 Å². The first-order valence-corrected chi connectivity index (χ1v) is 5.84. The van der Waals surface area contributed by atoms with E-state index in [1.807, 2.05) is 20.8 Å². The summed E-state index contributed by atoms with van der Waals surface area (Å²) in [7, 11) is 0. The SMILES string of the molecule is CC(C)(C)C(=O)CC=CC(=O)CN1CCC1. The van der Waals surface area contributed by atoms with Crippen LogP contribution in [0, 0.1) is 5.41 Å². The standard InChI is InChI=1S/C13H21NO2/c1-13(2,3)12(16)7-4-6-11(15)10-14-8-5-9-14/h4,6H,5,7-10H2,1-3H3. The van der Waals surface area contributed by atoms with Gasteiger partial charge in [0.2, 0.25) is 0 Å². The molecule has 3 heteroatoms. The highest BCUT2D eigenvalue weighted by Crippen LogP contribution is 2.16. The van der Waals surface area contributed by atoms with Gasteiger partial charge in [0.25, 0.3) is 0 Å². The predicted molar refractivity (Wildman–Crippen MR) is 64.3 cm³/mol. The number of allylic oxidation sites excluding steroid dienone is 1. The van der Waals surface area contributed by atoms with E-state index >= 15 is 0 Å². The molecule has 0 unspecified atom stereocenters. The number of carbonyl (C=O) groups excluding carboxylic acids is 2. The summed E-state index contributed by atoms with van der Waals surface area (Å²) < 4.78 is 0. The Labute approximate surface area is 97.5 Å². The first kappa shape index (κ1) is 13.1. The number of carbonyl (C=O) groups is 2. The third-order valence-corrected chi connectivity index (χ3v) is 2.77. The number of ketones is 2. The Balaban J connectivity index is 2.25. The maximum Gasteiger partial charge on any atom is 0.169 e. The van der Waals surface area contributed by atoms with Crippen LogP contribution in [0.5, 0.6) is 0 Å². The van der Waals surface area contributed by atoms with Crippen molar-refractivity contribution in [1.29, 1.82) is 0 Å². The molecule has 1 heterocycles. The fourth-order valence-corrected chi connectivity index (χ4v) is 1.42. The van der Waals surface area contributed by atoms with Crippen molar-refractivity contribution in [2.45, 2.75) is 33.6 Å². The van der Waals surface area contributed by atoms with Crippen LogP contribution in [0.2, 0.25) is 0 Å². The average molecular weight is 223 g/mol. The average Bonchev–Trinajstić information content (AvgIpc) is 2.09. The van der Waals surface area contributed by atoms with Crippen LogP contribution < -0.4 is 0 Å². The monoisotopic (exact) mass is 223 g/mol. The van der Waals surface area contributed by atoms with Crippen LogP contribution in [0.1, 0.15) is 33.6 Å². The van der Waals surface area contributed by atoms with Crippen molar-refractivity contribution in [3.8, 4) is 0 Å². The van der Waals surface area contributed by atoms with Crippen molar-refractivity contribution in [2.24, 2.45) is 5.41 Å². The van der Waals surface area contributed by atoms with Gasteiger partial charge in [-0.05, 0) is 25.6 Å². The third-order valence-electron chi connectivity index (χ3n) is 2.77. The highest BCUT2D eigenvalue weighted by molar-refractivity contribution is 5.92. The second kappa shape index (κ2) is 5.39. The van der Waals surface area contributed by atoms with Gasteiger partial charge in [-0.25, -0.2) is 0 Å². The van der Waals surface area contributed by atoms with E-state index in [-0.39, 0.29) is 17.0 Å². The van der Waals surface area contributed by atoms with Gasteiger partial charge in [-0.1, -0.05) is 26.8 Å². The van der Waals surface area contributed by atoms with E-state index < -0.39 is 0 Å². The molecule has 0 aromatic rings. The molecule has 0 aromatic carbocycles. The molecule has 0 bridgehead atoms. The quantitative estimate of drug-likeness (QED) is 0.667. The Morgan fingerprint density at radius 3 is 2.31 bits per heavy atom. The van der Waals surface area contributed by atoms with Gasteiger partial charge in [0, 0.05) is 11.8 Å². The van der Waals surface area contributed by atoms with Gasteiger partial charge in [-0.15, -0.1) is 0 Å². The minimum absolute atomic E-state index is 0.0985. The molecule has 0 radical (unpaired) electrons. The van der Waals surface area contributed by atoms with Crippen molar-refractivity contribution < 1.29 is 9.59 Å². The van der Waals surface area contributed by atoms with E-state index in [2.05, 4.69) is 4.90 Å². The summed E-state index contributed by atoms with van der Waals surface area (Å²) in [6, 6.07) is 0. The number of rotatable bonds is 5. The molecule has 0 spiro atoms. The zero-order valence-electron chi connectivity index (χ0n) is 10.5. The second-order valence-electron chi connectivity index (χ2n) is 5.38. The summed E-state index contributed by atoms with van der Waals surface area (Å²) in [5, 5.41) is 0. The highest BCUT2D eigenvalue weighted by Gasteiger charge is 2.19. The van der Waals surface area contributed by atoms with Gasteiger partial charge in [-0.3, -0.25) is 14.5 Å². The molecule has 1 aliphatic rings. The normalized spacial score (nSPS) is 17.4. The number of nitrogens with zero attached hydrogens (tertiary/aromatic N) is 1. The third kappa shape index (κ3) is 4.27. The van der Waals surface area contributed by atoms with Gasteiger partial charge in [-0.2, -0.15) is 0 Å². The minimum Gasteiger partial charge on any atom is -0.299 e. The fourth-order valence-electron chi connectivity index (χ4n) is 1.42. The number of hydrogen-bond donors (Lipinski definition) is 0. The lowest BCUT2D eigenvalue weighted by molar-refractivity contribution is -0.125. The van der Waals surface area contributed by atoms with Gasteiger partial charge in [0.1, 0.15) is 5.78 Å². The maximum atomic E-state index is 11.6. The molecule has 16 heavy (non-hydrogen) atoms. The Kier molecular flexibility index (Phi) is 4.42. The van der Waals surface area contributed by atoms with Crippen LogP contribution in [-0.4, -0.2) is 36.1 Å². The topological polar surface area (TPSA) is 37.4 Å². The maximum absolute atomic E-state index is 11.6. The van der Waals surface area contributed by atoms with E-state index in [1.165, 1.54) is 6.42 Å². The van der Waals surface area contributed by atoms with Crippen LogP contribution in [0.15, 0.2) is 12.2 Å². The molecule has 0 atom stereocenters. The fraction of sp³-hybridized carbons (Fsp3) is 0.692. The van der Waals surface area contributed by atoms with Crippen molar-refractivity contribution in [3.63, 3.8) is 0 Å². The molecule has 1 saturated heterocycles. The zero-order chi connectivity index (χ0) is 12.2. The highest BCUT2D eigenvalue weighted by atomic mass is 16.1. The van der Waals surface area contributed by atoms with Crippen molar-refractivity contribution >= 4 is 11.6 Å². The van der Waals surface area contributed by atoms with Gasteiger partial charge in [0.15, 0.2) is 5.78 Å². The first-order valence-electron chi connectivity index (χ1n) is 5.84. The van der Waals surface area contributed by atoms with E-state index in [4.69, 9.17) is 0 Å². The molecule has 1 aliphatic heterocycles. The summed E-state index contributed by atoms with van der Waals surface area (Å²) in [6.45, 7) is 8.24. The number of Topliss-reactive ketones (excluding diaryl/α,β-unsaturated/α-hetero) is 1. The van der Waals surface area contributed by atoms with E-state index in [1.54, 1.807) is 12.2 Å². The summed E-state index contributed by atoms with van der Waals surface area (Å²) in [5.41, 5.74) is -0.315. The second-order valence-corrected chi connectivity index (χ2v) is 5.38. The first-order chi connectivity index (χ1) is 7.39. The largest absolute Gasteiger partial charge is 0.299 e. The summed E-state index contributed by atoms with van der Waals surface area (Å²) in [4.78, 5) is 25.1. The summed E-state index contributed by atoms with van der Waals surface area (Å²) >= 11 is 0. The molecular formula is C13H21NO2. The summed E-state index contributed by atoms with van der Waals surface area (Å²) in [6.07, 6.45) is 4.78. The molecule has 0 saturated carbocycles. The van der Waals surface area contributed by atoms with E-state index in [0.717, 1.165) is 13.1 Å². The smallest absolute Gasteiger partial charge is 0.169 e. The van der Waals surface area contributed by atoms with Gasteiger partial charge < -0.3 is 0 Å². The lowest BCUT2D eigenvalue weighted by atomic mass is 9.89. The Morgan fingerprint density at radius 2 is 1.88 bits per heavy atom. The molecule has 0 aromatic heterocycles. The van der Waals surface area contributed by atoms with E-state index in [9.17, 15) is 9.59 Å².